The highest BCUT2D eigenvalue weighted by Crippen LogP contribution is 2.39. The van der Waals surface area contributed by atoms with Gasteiger partial charge in [0.1, 0.15) is 18.4 Å². The van der Waals surface area contributed by atoms with Gasteiger partial charge in [-0.25, -0.2) is 19.4 Å². The van der Waals surface area contributed by atoms with Gasteiger partial charge in [-0.05, 0) is 37.1 Å². The zero-order valence-electron chi connectivity index (χ0n) is 16.6. The van der Waals surface area contributed by atoms with Crippen molar-refractivity contribution in [3.05, 3.63) is 72.1 Å². The number of carbonyl (C=O) groups excluding carboxylic acids is 3. The highest BCUT2D eigenvalue weighted by Gasteiger charge is 2.50. The van der Waals surface area contributed by atoms with Gasteiger partial charge in [-0.15, -0.1) is 0 Å². The zero-order valence-corrected chi connectivity index (χ0v) is 16.6. The number of rotatable bonds is 3. The van der Waals surface area contributed by atoms with Crippen molar-refractivity contribution in [3.8, 4) is 6.07 Å². The first-order valence-corrected chi connectivity index (χ1v) is 10.1. The lowest BCUT2D eigenvalue weighted by Gasteiger charge is -2.40. The molecule has 8 nitrogen and oxygen atoms in total. The molecule has 5 amide bonds. The van der Waals surface area contributed by atoms with E-state index in [1.807, 2.05) is 12.1 Å². The summed E-state index contributed by atoms with van der Waals surface area (Å²) in [7, 11) is 0. The topological polar surface area (TPSA) is 88.0 Å². The zero-order chi connectivity index (χ0) is 21.5. The molecule has 3 heterocycles. The van der Waals surface area contributed by atoms with E-state index in [0.29, 0.717) is 24.3 Å². The van der Waals surface area contributed by atoms with E-state index in [0.717, 1.165) is 11.3 Å². The number of carbonyl (C=O) groups is 3. The second-order valence-corrected chi connectivity index (χ2v) is 7.59. The summed E-state index contributed by atoms with van der Waals surface area (Å²) in [5, 5.41) is 10.0. The monoisotopic (exact) mass is 413 g/mol. The Kier molecular flexibility index (Phi) is 4.44. The van der Waals surface area contributed by atoms with Gasteiger partial charge < -0.3 is 4.90 Å². The molecule has 5 rings (SSSR count). The quantitative estimate of drug-likeness (QED) is 0.723. The molecule has 0 aliphatic carbocycles. The number of benzene rings is 2. The molecular formula is C23H19N5O3. The molecule has 2 aromatic rings. The molecule has 2 aromatic carbocycles. The fraction of sp³-hybridized carbons (Fsp3) is 0.217. The first-order valence-electron chi connectivity index (χ1n) is 10.1. The minimum atomic E-state index is -0.570. The molecule has 0 aromatic heterocycles. The van der Waals surface area contributed by atoms with Gasteiger partial charge in [-0.3, -0.25) is 9.69 Å². The predicted octanol–water partition coefficient (Wildman–Crippen LogP) is 3.29. The van der Waals surface area contributed by atoms with Crippen LogP contribution in [-0.4, -0.2) is 46.9 Å². The SMILES string of the molecule is N#CC1=C(N2C(=O)CN(c3ccccc3)C2=O)N(c2ccccc2)C(=O)N2CCCC12. The fourth-order valence-electron chi connectivity index (χ4n) is 4.46. The first-order chi connectivity index (χ1) is 15.1. The maximum Gasteiger partial charge on any atom is 0.337 e. The molecule has 154 valence electrons. The van der Waals surface area contributed by atoms with Crippen LogP contribution in [-0.2, 0) is 4.79 Å². The highest BCUT2D eigenvalue weighted by atomic mass is 16.2. The Balaban J connectivity index is 1.67. The van der Waals surface area contributed by atoms with Crippen LogP contribution in [0.3, 0.4) is 0 Å². The fourth-order valence-corrected chi connectivity index (χ4v) is 4.46. The summed E-state index contributed by atoms with van der Waals surface area (Å²) in [5.74, 6) is -0.424. The third-order valence-electron chi connectivity index (χ3n) is 5.86. The Morgan fingerprint density at radius 3 is 2.13 bits per heavy atom. The summed E-state index contributed by atoms with van der Waals surface area (Å²) < 4.78 is 0. The van der Waals surface area contributed by atoms with Crippen LogP contribution in [0.1, 0.15) is 12.8 Å². The number of imide groups is 1. The van der Waals surface area contributed by atoms with Crippen molar-refractivity contribution in [1.29, 1.82) is 5.26 Å². The molecule has 0 saturated carbocycles. The average molecular weight is 413 g/mol. The minimum Gasteiger partial charge on any atom is -0.316 e. The van der Waals surface area contributed by atoms with Gasteiger partial charge in [-0.1, -0.05) is 36.4 Å². The normalized spacial score (nSPS) is 21.1. The van der Waals surface area contributed by atoms with Crippen LogP contribution < -0.4 is 9.80 Å². The third kappa shape index (κ3) is 2.86. The lowest BCUT2D eigenvalue weighted by atomic mass is 10.0. The number of urea groups is 2. The molecule has 0 radical (unpaired) electrons. The molecule has 31 heavy (non-hydrogen) atoms. The second kappa shape index (κ2) is 7.29. The minimum absolute atomic E-state index is 0.0512. The number of hydrogen-bond acceptors (Lipinski definition) is 4. The van der Waals surface area contributed by atoms with Gasteiger partial charge in [0, 0.05) is 12.2 Å². The maximum atomic E-state index is 13.4. The van der Waals surface area contributed by atoms with Crippen molar-refractivity contribution >= 4 is 29.3 Å². The number of nitriles is 1. The Labute approximate surface area is 179 Å². The van der Waals surface area contributed by atoms with E-state index in [-0.39, 0.29) is 24.0 Å². The van der Waals surface area contributed by atoms with Crippen molar-refractivity contribution in [2.24, 2.45) is 0 Å². The Hall–Kier alpha value is -4.12. The summed E-state index contributed by atoms with van der Waals surface area (Å²) in [6.45, 7) is 0.375. The third-order valence-corrected chi connectivity index (χ3v) is 5.86. The van der Waals surface area contributed by atoms with E-state index in [1.54, 1.807) is 53.4 Å². The van der Waals surface area contributed by atoms with Gasteiger partial charge in [0.25, 0.3) is 5.91 Å². The summed E-state index contributed by atoms with van der Waals surface area (Å²) in [6, 6.07) is 18.6. The van der Waals surface area contributed by atoms with Gasteiger partial charge in [-0.2, -0.15) is 5.26 Å². The maximum absolute atomic E-state index is 13.4. The standard InChI is InChI=1S/C23H19N5O3/c24-14-18-19-12-7-13-25(19)22(30)27(17-10-5-2-6-11-17)21(18)28-20(29)15-26(23(28)31)16-8-3-1-4-9-16/h1-6,8-11,19H,7,12-13,15H2. The van der Waals surface area contributed by atoms with Gasteiger partial charge in [0.15, 0.2) is 0 Å². The van der Waals surface area contributed by atoms with Gasteiger partial charge in [0.05, 0.1) is 17.3 Å². The summed E-state index contributed by atoms with van der Waals surface area (Å²) in [5.41, 5.74) is 1.34. The second-order valence-electron chi connectivity index (χ2n) is 7.59. The number of para-hydroxylation sites is 2. The highest BCUT2D eigenvalue weighted by molar-refractivity contribution is 6.15. The van der Waals surface area contributed by atoms with Crippen LogP contribution in [0.2, 0.25) is 0 Å². The lowest BCUT2D eigenvalue weighted by Crippen LogP contribution is -2.55. The predicted molar refractivity (Wildman–Crippen MR) is 113 cm³/mol. The summed E-state index contributed by atoms with van der Waals surface area (Å²) >= 11 is 0. The van der Waals surface area contributed by atoms with Crippen LogP contribution in [0.25, 0.3) is 0 Å². The lowest BCUT2D eigenvalue weighted by molar-refractivity contribution is -0.123. The van der Waals surface area contributed by atoms with E-state index in [9.17, 15) is 19.6 Å². The smallest absolute Gasteiger partial charge is 0.316 e. The van der Waals surface area contributed by atoms with E-state index in [2.05, 4.69) is 6.07 Å². The Morgan fingerprint density at radius 1 is 0.839 bits per heavy atom. The Morgan fingerprint density at radius 2 is 1.48 bits per heavy atom. The van der Waals surface area contributed by atoms with Crippen molar-refractivity contribution in [1.82, 2.24) is 9.80 Å². The molecule has 3 aliphatic rings. The molecule has 1 atom stereocenters. The molecule has 2 fully saturated rings. The summed E-state index contributed by atoms with van der Waals surface area (Å²) in [6.07, 6.45) is 1.38. The van der Waals surface area contributed by atoms with Crippen LogP contribution in [0.5, 0.6) is 0 Å². The van der Waals surface area contributed by atoms with Crippen molar-refractivity contribution in [3.63, 3.8) is 0 Å². The largest absolute Gasteiger partial charge is 0.337 e. The molecule has 0 N–H and O–H groups in total. The van der Waals surface area contributed by atoms with E-state index >= 15 is 0 Å². The van der Waals surface area contributed by atoms with Crippen LogP contribution in [0, 0.1) is 11.3 Å². The van der Waals surface area contributed by atoms with Crippen molar-refractivity contribution < 1.29 is 14.4 Å². The number of amides is 5. The molecule has 0 bridgehead atoms. The number of hydrogen-bond donors (Lipinski definition) is 0. The average Bonchev–Trinajstić information content (AvgIpc) is 3.40. The first kappa shape index (κ1) is 18.9. The number of anilines is 2. The van der Waals surface area contributed by atoms with Crippen LogP contribution >= 0.6 is 0 Å². The van der Waals surface area contributed by atoms with E-state index < -0.39 is 18.0 Å². The van der Waals surface area contributed by atoms with Crippen LogP contribution in [0.15, 0.2) is 72.1 Å². The molecule has 3 aliphatic heterocycles. The Bertz CT molecular complexity index is 1140. The number of nitrogens with zero attached hydrogens (tertiary/aromatic N) is 5. The molecule has 8 heteroatoms. The molecule has 1 unspecified atom stereocenters. The van der Waals surface area contributed by atoms with E-state index in [1.165, 1.54) is 9.80 Å². The molecular weight excluding hydrogens is 394 g/mol. The summed E-state index contributed by atoms with van der Waals surface area (Å²) in [4.78, 5) is 45.2. The molecule has 0 spiro atoms. The van der Waals surface area contributed by atoms with Crippen molar-refractivity contribution in [2.45, 2.75) is 18.9 Å². The van der Waals surface area contributed by atoms with Gasteiger partial charge in [0.2, 0.25) is 0 Å². The molecule has 2 saturated heterocycles. The van der Waals surface area contributed by atoms with Crippen LogP contribution in [0.4, 0.5) is 21.0 Å². The van der Waals surface area contributed by atoms with E-state index in [4.69, 9.17) is 0 Å². The number of fused-ring (bicyclic) bond motifs is 1. The van der Waals surface area contributed by atoms with Gasteiger partial charge >= 0.3 is 12.1 Å². The van der Waals surface area contributed by atoms with Crippen molar-refractivity contribution in [2.75, 3.05) is 22.9 Å².